The summed E-state index contributed by atoms with van der Waals surface area (Å²) in [4.78, 5) is 30.6. The molecule has 0 bridgehead atoms. The Morgan fingerprint density at radius 1 is 1.19 bits per heavy atom. The molecule has 1 aliphatic carbocycles. The minimum absolute atomic E-state index is 0.0366. The summed E-state index contributed by atoms with van der Waals surface area (Å²) in [5.74, 6) is 0.247. The Morgan fingerprint density at radius 2 is 1.94 bits per heavy atom. The van der Waals surface area contributed by atoms with Crippen LogP contribution in [0.1, 0.15) is 63.3 Å². The zero-order chi connectivity index (χ0) is 22.8. The number of hydrogen-bond donors (Lipinski definition) is 2. The van der Waals surface area contributed by atoms with Crippen molar-refractivity contribution in [2.75, 3.05) is 18.0 Å². The number of aromatic nitrogens is 2. The Kier molecular flexibility index (Phi) is 4.99. The molecule has 9 heteroatoms. The predicted molar refractivity (Wildman–Crippen MR) is 125 cm³/mol. The molecule has 1 saturated carbocycles. The van der Waals surface area contributed by atoms with Crippen LogP contribution in [0.2, 0.25) is 18.1 Å². The summed E-state index contributed by atoms with van der Waals surface area (Å²) in [6, 6.07) is 1.76. The molecule has 172 valence electrons. The van der Waals surface area contributed by atoms with Crippen LogP contribution in [0.15, 0.2) is 18.5 Å². The highest BCUT2D eigenvalue weighted by molar-refractivity contribution is 6.74. The first kappa shape index (κ1) is 21.6. The molecule has 8 nitrogen and oxygen atoms in total. The molecule has 32 heavy (non-hydrogen) atoms. The number of amides is 3. The molecule has 1 unspecified atom stereocenters. The molecule has 0 spiro atoms. The number of carbonyl (C=O) groups is 2. The van der Waals surface area contributed by atoms with Gasteiger partial charge in [0.25, 0.3) is 0 Å². The van der Waals surface area contributed by atoms with Crippen molar-refractivity contribution in [3.05, 3.63) is 29.7 Å². The van der Waals surface area contributed by atoms with Gasteiger partial charge in [0.15, 0.2) is 14.0 Å². The molecule has 2 N–H and O–H groups in total. The number of nitrogens with one attached hydrogen (secondary N) is 2. The van der Waals surface area contributed by atoms with E-state index in [0.717, 1.165) is 31.5 Å². The molecule has 3 fully saturated rings. The zero-order valence-corrected chi connectivity index (χ0v) is 20.6. The van der Waals surface area contributed by atoms with Crippen molar-refractivity contribution >= 4 is 31.6 Å². The van der Waals surface area contributed by atoms with Gasteiger partial charge >= 0.3 is 6.03 Å². The molecule has 2 atom stereocenters. The van der Waals surface area contributed by atoms with E-state index >= 15 is 0 Å². The molecule has 0 aromatic carbocycles. The highest BCUT2D eigenvalue weighted by Gasteiger charge is 2.41. The molecular weight excluding hydrogens is 422 g/mol. The first-order valence-corrected chi connectivity index (χ1v) is 14.5. The topological polar surface area (TPSA) is 88.0 Å². The number of anilines is 1. The number of carbonyl (C=O) groups excluding carboxylic acids is 2. The second kappa shape index (κ2) is 7.39. The molecule has 2 aromatic rings. The van der Waals surface area contributed by atoms with Crippen LogP contribution in [0.5, 0.6) is 0 Å². The van der Waals surface area contributed by atoms with Crippen LogP contribution in [0.3, 0.4) is 0 Å². The Morgan fingerprint density at radius 3 is 2.56 bits per heavy atom. The Balaban J connectivity index is 1.43. The second-order valence-corrected chi connectivity index (χ2v) is 15.7. The third-order valence-electron chi connectivity index (χ3n) is 7.42. The van der Waals surface area contributed by atoms with Crippen LogP contribution >= 0.6 is 0 Å². The summed E-state index contributed by atoms with van der Waals surface area (Å²) in [6.07, 6.45) is 7.56. The van der Waals surface area contributed by atoms with Crippen LogP contribution in [0.25, 0.3) is 5.65 Å². The van der Waals surface area contributed by atoms with Gasteiger partial charge < -0.3 is 14.1 Å². The van der Waals surface area contributed by atoms with Crippen molar-refractivity contribution in [3.63, 3.8) is 0 Å². The fourth-order valence-corrected chi connectivity index (χ4v) is 5.74. The van der Waals surface area contributed by atoms with Crippen molar-refractivity contribution in [1.82, 2.24) is 20.0 Å². The van der Waals surface area contributed by atoms with Gasteiger partial charge in [-0.25, -0.2) is 9.78 Å². The highest BCUT2D eigenvalue weighted by atomic mass is 28.4. The average molecular weight is 456 g/mol. The van der Waals surface area contributed by atoms with E-state index in [1.54, 1.807) is 0 Å². The van der Waals surface area contributed by atoms with Crippen LogP contribution in [0, 0.1) is 0 Å². The molecule has 3 aliphatic rings. The lowest BCUT2D eigenvalue weighted by Gasteiger charge is -2.38. The fourth-order valence-electron chi connectivity index (χ4n) is 4.38. The highest BCUT2D eigenvalue weighted by Crippen LogP contribution is 2.43. The van der Waals surface area contributed by atoms with Gasteiger partial charge in [-0.05, 0) is 54.9 Å². The average Bonchev–Trinajstić information content (AvgIpc) is 3.13. The molecule has 3 amide bonds. The van der Waals surface area contributed by atoms with Crippen molar-refractivity contribution in [2.45, 2.75) is 76.2 Å². The van der Waals surface area contributed by atoms with Crippen molar-refractivity contribution in [2.24, 2.45) is 0 Å². The normalized spacial score (nSPS) is 24.6. The number of rotatable bonds is 5. The number of hydrogen-bond acceptors (Lipinski definition) is 5. The maximum Gasteiger partial charge on any atom is 0.329 e. The summed E-state index contributed by atoms with van der Waals surface area (Å²) in [7, 11) is -1.84. The van der Waals surface area contributed by atoms with E-state index in [0.29, 0.717) is 17.3 Å². The summed E-state index contributed by atoms with van der Waals surface area (Å²) in [5.41, 5.74) is 3.56. The number of pyridine rings is 1. The molecule has 2 aliphatic heterocycles. The summed E-state index contributed by atoms with van der Waals surface area (Å²) in [6.45, 7) is 12.2. The fraction of sp³-hybridized carbons (Fsp3) is 0.609. The van der Waals surface area contributed by atoms with Gasteiger partial charge in [0, 0.05) is 18.9 Å². The van der Waals surface area contributed by atoms with E-state index in [1.807, 2.05) is 10.5 Å². The van der Waals surface area contributed by atoms with Crippen LogP contribution in [-0.4, -0.2) is 48.8 Å². The second-order valence-electron chi connectivity index (χ2n) is 11.0. The first-order valence-electron chi connectivity index (χ1n) is 11.6. The molecule has 2 aromatic heterocycles. The number of imide groups is 1. The maximum atomic E-state index is 12.4. The standard InChI is InChI=1S/C23H33N5O3Si/c1-23(2,3)32(4,5)31-16-9-17(24-10-16)18-12-27-11-15(14-6-7-14)8-19(21(27)25-18)28-13-20(29)26-22(28)30/h8,11-12,14,16-17,24H,6-7,9-10,13H2,1-5H3,(H,26,29,30)/t16?,17-/m1/s1. The van der Waals surface area contributed by atoms with Gasteiger partial charge in [-0.15, -0.1) is 0 Å². The third kappa shape index (κ3) is 3.86. The van der Waals surface area contributed by atoms with E-state index in [2.05, 4.69) is 56.9 Å². The largest absolute Gasteiger partial charge is 0.413 e. The van der Waals surface area contributed by atoms with Crippen LogP contribution in [0.4, 0.5) is 10.5 Å². The molecule has 5 rings (SSSR count). The first-order chi connectivity index (χ1) is 15.0. The van der Waals surface area contributed by atoms with Crippen LogP contribution < -0.4 is 15.5 Å². The zero-order valence-electron chi connectivity index (χ0n) is 19.6. The summed E-state index contributed by atoms with van der Waals surface area (Å²) >= 11 is 0. The van der Waals surface area contributed by atoms with E-state index in [4.69, 9.17) is 9.41 Å². The Bertz CT molecular complexity index is 1090. The number of fused-ring (bicyclic) bond motifs is 1. The van der Waals surface area contributed by atoms with Gasteiger partial charge in [-0.3, -0.25) is 15.0 Å². The van der Waals surface area contributed by atoms with Crippen LogP contribution in [-0.2, 0) is 9.22 Å². The van der Waals surface area contributed by atoms with E-state index in [-0.39, 0.29) is 35.7 Å². The van der Waals surface area contributed by atoms with E-state index in [9.17, 15) is 9.59 Å². The van der Waals surface area contributed by atoms with Gasteiger partial charge in [0.1, 0.15) is 6.54 Å². The van der Waals surface area contributed by atoms with E-state index in [1.165, 1.54) is 10.5 Å². The maximum absolute atomic E-state index is 12.4. The molecular formula is C23H33N5O3Si. The number of nitrogens with zero attached hydrogens (tertiary/aromatic N) is 3. The smallest absolute Gasteiger partial charge is 0.329 e. The molecule has 2 saturated heterocycles. The van der Waals surface area contributed by atoms with Gasteiger partial charge in [0.05, 0.1) is 23.5 Å². The Hall–Kier alpha value is -2.23. The van der Waals surface area contributed by atoms with Crippen molar-refractivity contribution < 1.29 is 14.0 Å². The minimum atomic E-state index is -1.84. The van der Waals surface area contributed by atoms with Crippen molar-refractivity contribution in [1.29, 1.82) is 0 Å². The quantitative estimate of drug-likeness (QED) is 0.530. The lowest BCUT2D eigenvalue weighted by atomic mass is 10.1. The third-order valence-corrected chi connectivity index (χ3v) is 12.0. The summed E-state index contributed by atoms with van der Waals surface area (Å²) in [5, 5.41) is 6.15. The molecule has 4 heterocycles. The van der Waals surface area contributed by atoms with Gasteiger partial charge in [-0.2, -0.15) is 0 Å². The van der Waals surface area contributed by atoms with Gasteiger partial charge in [-0.1, -0.05) is 20.8 Å². The number of imidazole rings is 1. The van der Waals surface area contributed by atoms with Gasteiger partial charge in [0.2, 0.25) is 5.91 Å². The molecule has 0 radical (unpaired) electrons. The predicted octanol–water partition coefficient (Wildman–Crippen LogP) is 3.69. The Labute approximate surface area is 189 Å². The number of urea groups is 1. The lowest BCUT2D eigenvalue weighted by Crippen LogP contribution is -2.44. The summed E-state index contributed by atoms with van der Waals surface area (Å²) < 4.78 is 8.65. The minimum Gasteiger partial charge on any atom is -0.413 e. The lowest BCUT2D eigenvalue weighted by molar-refractivity contribution is -0.117. The van der Waals surface area contributed by atoms with Crippen molar-refractivity contribution in [3.8, 4) is 0 Å². The van der Waals surface area contributed by atoms with E-state index < -0.39 is 8.32 Å². The SMILES string of the molecule is CC(C)(C)[Si](C)(C)OC1CN[C@@H](c2cn3cc(C4CC4)cc(N4CC(=O)NC4=O)c3n2)C1. The monoisotopic (exact) mass is 455 g/mol.